The number of nitrogens with one attached hydrogen (secondary N) is 2. The fraction of sp³-hybridized carbons (Fsp3) is 0.700. The first-order valence-corrected chi connectivity index (χ1v) is 5.22. The molecule has 5 heteroatoms. The topological polar surface area (TPSA) is 41.9 Å². The summed E-state index contributed by atoms with van der Waals surface area (Å²) in [6.07, 6.45) is 6.55. The van der Waals surface area contributed by atoms with Crippen LogP contribution in [0.3, 0.4) is 0 Å². The highest BCUT2D eigenvalue weighted by atomic mass is 35.5. The van der Waals surface area contributed by atoms with Gasteiger partial charge in [-0.25, -0.2) is 0 Å². The van der Waals surface area contributed by atoms with Crippen LogP contribution in [0.5, 0.6) is 0 Å². The van der Waals surface area contributed by atoms with E-state index in [1.165, 1.54) is 25.9 Å². The molecule has 1 saturated heterocycles. The van der Waals surface area contributed by atoms with Gasteiger partial charge in [-0.2, -0.15) is 5.10 Å². The first kappa shape index (κ1) is 10.8. The summed E-state index contributed by atoms with van der Waals surface area (Å²) in [7, 11) is 1.95. The van der Waals surface area contributed by atoms with Gasteiger partial charge < -0.3 is 10.6 Å². The molecule has 2 N–H and O–H groups in total. The van der Waals surface area contributed by atoms with Crippen molar-refractivity contribution in [3.8, 4) is 0 Å². The summed E-state index contributed by atoms with van der Waals surface area (Å²) in [4.78, 5) is 0. The van der Waals surface area contributed by atoms with Crippen molar-refractivity contribution < 1.29 is 0 Å². The third-order valence-electron chi connectivity index (χ3n) is 3.43. The van der Waals surface area contributed by atoms with Crippen molar-refractivity contribution in [1.29, 1.82) is 0 Å². The number of aryl methyl sites for hydroxylation is 1. The molecule has 2 heterocycles. The Labute approximate surface area is 95.8 Å². The summed E-state index contributed by atoms with van der Waals surface area (Å²) in [5, 5.41) is 11.0. The zero-order valence-electron chi connectivity index (χ0n) is 8.86. The third-order valence-corrected chi connectivity index (χ3v) is 3.43. The van der Waals surface area contributed by atoms with E-state index in [4.69, 9.17) is 0 Å². The monoisotopic (exact) mass is 228 g/mol. The second-order valence-electron chi connectivity index (χ2n) is 4.76. The molecule has 0 radical (unpaired) electrons. The molecule has 2 aliphatic rings. The Morgan fingerprint density at radius 1 is 1.53 bits per heavy atom. The predicted octanol–water partition coefficient (Wildman–Crippen LogP) is 1.01. The van der Waals surface area contributed by atoms with Gasteiger partial charge in [-0.15, -0.1) is 12.4 Å². The average Bonchev–Trinajstić information content (AvgIpc) is 2.39. The largest absolute Gasteiger partial charge is 0.380 e. The number of hydrogen-bond acceptors (Lipinski definition) is 3. The minimum Gasteiger partial charge on any atom is -0.380 e. The molecule has 0 amide bonds. The van der Waals surface area contributed by atoms with E-state index in [2.05, 4.69) is 15.7 Å². The van der Waals surface area contributed by atoms with E-state index in [1.54, 1.807) is 0 Å². The molecule has 1 aliphatic heterocycles. The second-order valence-corrected chi connectivity index (χ2v) is 4.76. The van der Waals surface area contributed by atoms with Crippen LogP contribution in [0, 0.1) is 5.41 Å². The summed E-state index contributed by atoms with van der Waals surface area (Å²) in [5.41, 5.74) is 1.81. The molecule has 4 nitrogen and oxygen atoms in total. The molecule has 0 atom stereocenters. The molecular formula is C10H17ClN4. The van der Waals surface area contributed by atoms with E-state index in [9.17, 15) is 0 Å². The maximum Gasteiger partial charge on any atom is 0.0728 e. The second kappa shape index (κ2) is 3.68. The normalized spacial score (nSPS) is 22.7. The SMILES string of the molecule is Cl.Cn1cc(NC2CC3(CNC3)C2)cn1. The zero-order valence-corrected chi connectivity index (χ0v) is 9.68. The minimum absolute atomic E-state index is 0. The van der Waals surface area contributed by atoms with Crippen LogP contribution in [0.4, 0.5) is 5.69 Å². The van der Waals surface area contributed by atoms with Gasteiger partial charge in [0.1, 0.15) is 0 Å². The number of hydrogen-bond donors (Lipinski definition) is 2. The summed E-state index contributed by atoms with van der Waals surface area (Å²) in [5.74, 6) is 0. The van der Waals surface area contributed by atoms with Crippen LogP contribution >= 0.6 is 12.4 Å². The maximum absolute atomic E-state index is 4.14. The quantitative estimate of drug-likeness (QED) is 0.794. The highest BCUT2D eigenvalue weighted by Crippen LogP contribution is 2.45. The van der Waals surface area contributed by atoms with Gasteiger partial charge >= 0.3 is 0 Å². The van der Waals surface area contributed by atoms with Crippen LogP contribution in [0.2, 0.25) is 0 Å². The first-order valence-electron chi connectivity index (χ1n) is 5.22. The Balaban J connectivity index is 0.000000853. The standard InChI is InChI=1S/C10H16N4.ClH/c1-14-5-9(4-12-14)13-8-2-10(3-8)6-11-7-10;/h4-5,8,11,13H,2-3,6-7H2,1H3;1H. The van der Waals surface area contributed by atoms with Crippen molar-refractivity contribution >= 4 is 18.1 Å². The summed E-state index contributed by atoms with van der Waals surface area (Å²) < 4.78 is 1.83. The number of halogens is 1. The molecule has 1 saturated carbocycles. The van der Waals surface area contributed by atoms with Gasteiger partial charge in [0.15, 0.2) is 0 Å². The van der Waals surface area contributed by atoms with Crippen molar-refractivity contribution in [2.24, 2.45) is 12.5 Å². The van der Waals surface area contributed by atoms with Crippen LogP contribution in [0.15, 0.2) is 12.4 Å². The van der Waals surface area contributed by atoms with Crippen molar-refractivity contribution in [2.45, 2.75) is 18.9 Å². The predicted molar refractivity (Wildman–Crippen MR) is 62.4 cm³/mol. The van der Waals surface area contributed by atoms with Crippen LogP contribution in [-0.4, -0.2) is 28.9 Å². The maximum atomic E-state index is 4.14. The van der Waals surface area contributed by atoms with Gasteiger partial charge in [0.25, 0.3) is 0 Å². The summed E-state index contributed by atoms with van der Waals surface area (Å²) in [6, 6.07) is 0.668. The van der Waals surface area contributed by atoms with E-state index < -0.39 is 0 Å². The lowest BCUT2D eigenvalue weighted by Crippen LogP contribution is -2.63. The van der Waals surface area contributed by atoms with Crippen LogP contribution in [0.25, 0.3) is 0 Å². The molecule has 0 bridgehead atoms. The molecule has 1 spiro atoms. The summed E-state index contributed by atoms with van der Waals surface area (Å²) >= 11 is 0. The van der Waals surface area contributed by atoms with Gasteiger partial charge in [0.05, 0.1) is 11.9 Å². The Morgan fingerprint density at radius 3 is 2.73 bits per heavy atom. The Hall–Kier alpha value is -0.740. The Morgan fingerprint density at radius 2 is 2.27 bits per heavy atom. The van der Waals surface area contributed by atoms with E-state index in [0.29, 0.717) is 11.5 Å². The molecule has 1 aromatic heterocycles. The Bertz CT molecular complexity index is 337. The number of anilines is 1. The van der Waals surface area contributed by atoms with Gasteiger partial charge in [0, 0.05) is 32.4 Å². The molecule has 3 rings (SSSR count). The highest BCUT2D eigenvalue weighted by Gasteiger charge is 2.48. The highest BCUT2D eigenvalue weighted by molar-refractivity contribution is 5.85. The number of rotatable bonds is 2. The number of aromatic nitrogens is 2. The van der Waals surface area contributed by atoms with Crippen molar-refractivity contribution in [3.05, 3.63) is 12.4 Å². The smallest absolute Gasteiger partial charge is 0.0728 e. The fourth-order valence-corrected chi connectivity index (χ4v) is 2.59. The van der Waals surface area contributed by atoms with Crippen LogP contribution in [-0.2, 0) is 7.05 Å². The molecule has 1 aromatic rings. The third kappa shape index (κ3) is 1.84. The lowest BCUT2D eigenvalue weighted by Gasteiger charge is -2.54. The van der Waals surface area contributed by atoms with E-state index >= 15 is 0 Å². The Kier molecular flexibility index (Phi) is 2.64. The van der Waals surface area contributed by atoms with Gasteiger partial charge in [-0.05, 0) is 18.3 Å². The van der Waals surface area contributed by atoms with E-state index in [-0.39, 0.29) is 12.4 Å². The van der Waals surface area contributed by atoms with Crippen molar-refractivity contribution in [2.75, 3.05) is 18.4 Å². The van der Waals surface area contributed by atoms with Crippen molar-refractivity contribution in [3.63, 3.8) is 0 Å². The van der Waals surface area contributed by atoms with Gasteiger partial charge in [-0.3, -0.25) is 4.68 Å². The lowest BCUT2D eigenvalue weighted by atomic mass is 9.61. The van der Waals surface area contributed by atoms with Gasteiger partial charge in [-0.1, -0.05) is 0 Å². The van der Waals surface area contributed by atoms with Crippen molar-refractivity contribution in [1.82, 2.24) is 15.1 Å². The van der Waals surface area contributed by atoms with Crippen LogP contribution < -0.4 is 10.6 Å². The lowest BCUT2D eigenvalue weighted by molar-refractivity contribution is 0.0470. The van der Waals surface area contributed by atoms with Crippen LogP contribution in [0.1, 0.15) is 12.8 Å². The molecule has 84 valence electrons. The molecule has 15 heavy (non-hydrogen) atoms. The first-order chi connectivity index (χ1) is 6.76. The zero-order chi connectivity index (χ0) is 9.60. The summed E-state index contributed by atoms with van der Waals surface area (Å²) in [6.45, 7) is 2.44. The molecule has 0 unspecified atom stereocenters. The van der Waals surface area contributed by atoms with E-state index in [0.717, 1.165) is 5.69 Å². The molecular weight excluding hydrogens is 212 g/mol. The van der Waals surface area contributed by atoms with Gasteiger partial charge in [0.2, 0.25) is 0 Å². The fourth-order valence-electron chi connectivity index (χ4n) is 2.59. The molecule has 1 aliphatic carbocycles. The number of nitrogens with zero attached hydrogens (tertiary/aromatic N) is 2. The molecule has 0 aromatic carbocycles. The average molecular weight is 229 g/mol. The molecule has 2 fully saturated rings. The van der Waals surface area contributed by atoms with E-state index in [1.807, 2.05) is 24.1 Å². The minimum atomic E-state index is 0.